The molecule has 4 rings (SSSR count). The molecule has 0 aromatic heterocycles. The standard InChI is InChI=1S/C25H25F2N3O3/c1-5-29-21-12-19(27)15(10-16(21)14(2)13-25(29,3)4)11-17-22(31)28-24(33)30(23(17)32)20-9-7-6-8-18(20)26/h6-12,14H,5,13H2,1-4H3,(H,28,31,33)/b17-11-. The molecule has 2 aliphatic heterocycles. The third kappa shape index (κ3) is 3.79. The summed E-state index contributed by atoms with van der Waals surface area (Å²) < 4.78 is 29.4. The summed E-state index contributed by atoms with van der Waals surface area (Å²) in [4.78, 5) is 40.5. The van der Waals surface area contributed by atoms with Crippen molar-refractivity contribution in [3.63, 3.8) is 0 Å². The average molecular weight is 453 g/mol. The van der Waals surface area contributed by atoms with Gasteiger partial charge in [-0.15, -0.1) is 0 Å². The lowest BCUT2D eigenvalue weighted by Crippen LogP contribution is -2.54. The molecule has 1 atom stereocenters. The fourth-order valence-corrected chi connectivity index (χ4v) is 4.89. The minimum absolute atomic E-state index is 0.0534. The van der Waals surface area contributed by atoms with Gasteiger partial charge in [0.2, 0.25) is 0 Å². The predicted molar refractivity (Wildman–Crippen MR) is 122 cm³/mol. The van der Waals surface area contributed by atoms with E-state index < -0.39 is 35.1 Å². The van der Waals surface area contributed by atoms with Crippen LogP contribution in [0.4, 0.5) is 25.0 Å². The third-order valence-electron chi connectivity index (χ3n) is 6.32. The van der Waals surface area contributed by atoms with E-state index in [-0.39, 0.29) is 22.7 Å². The molecule has 0 spiro atoms. The minimum atomic E-state index is -1.06. The number of nitrogens with one attached hydrogen (secondary N) is 1. The molecular weight excluding hydrogens is 428 g/mol. The van der Waals surface area contributed by atoms with Crippen LogP contribution in [0.15, 0.2) is 42.0 Å². The number of imide groups is 2. The molecule has 2 aromatic rings. The number of barbiturate groups is 1. The molecular formula is C25H25F2N3O3. The van der Waals surface area contributed by atoms with Crippen LogP contribution in [0.1, 0.15) is 51.2 Å². The first-order chi connectivity index (χ1) is 15.5. The number of para-hydroxylation sites is 1. The number of carbonyl (C=O) groups is 3. The molecule has 0 bridgehead atoms. The van der Waals surface area contributed by atoms with Crippen LogP contribution in [0, 0.1) is 11.6 Å². The molecule has 1 saturated heterocycles. The molecule has 0 saturated carbocycles. The van der Waals surface area contributed by atoms with Gasteiger partial charge in [0, 0.05) is 23.3 Å². The monoisotopic (exact) mass is 453 g/mol. The van der Waals surface area contributed by atoms with Gasteiger partial charge in [-0.2, -0.15) is 0 Å². The highest BCUT2D eigenvalue weighted by Crippen LogP contribution is 2.44. The van der Waals surface area contributed by atoms with E-state index in [0.29, 0.717) is 11.4 Å². The van der Waals surface area contributed by atoms with Crippen LogP contribution in [0.3, 0.4) is 0 Å². The second kappa shape index (κ2) is 8.10. The Bertz CT molecular complexity index is 1210. The fourth-order valence-electron chi connectivity index (χ4n) is 4.89. The average Bonchev–Trinajstić information content (AvgIpc) is 2.72. The zero-order chi connectivity index (χ0) is 24.1. The maximum atomic E-state index is 15.2. The molecule has 1 N–H and O–H groups in total. The van der Waals surface area contributed by atoms with Crippen LogP contribution in [-0.2, 0) is 9.59 Å². The first-order valence-electron chi connectivity index (χ1n) is 10.8. The van der Waals surface area contributed by atoms with Gasteiger partial charge in [-0.1, -0.05) is 19.1 Å². The molecule has 33 heavy (non-hydrogen) atoms. The van der Waals surface area contributed by atoms with Gasteiger partial charge in [0.25, 0.3) is 11.8 Å². The van der Waals surface area contributed by atoms with E-state index in [4.69, 9.17) is 0 Å². The number of carbonyl (C=O) groups excluding carboxylic acids is 3. The molecule has 1 unspecified atom stereocenters. The molecule has 6 nitrogen and oxygen atoms in total. The van der Waals surface area contributed by atoms with Crippen molar-refractivity contribution < 1.29 is 23.2 Å². The Hall–Kier alpha value is -3.55. The molecule has 0 aliphatic carbocycles. The van der Waals surface area contributed by atoms with Crippen molar-refractivity contribution in [1.82, 2.24) is 5.32 Å². The van der Waals surface area contributed by atoms with E-state index in [1.54, 1.807) is 6.07 Å². The zero-order valence-corrected chi connectivity index (χ0v) is 18.9. The summed E-state index contributed by atoms with van der Waals surface area (Å²) in [6, 6.07) is 7.23. The summed E-state index contributed by atoms with van der Waals surface area (Å²) >= 11 is 0. The number of rotatable bonds is 3. The number of hydrogen-bond donors (Lipinski definition) is 1. The van der Waals surface area contributed by atoms with Gasteiger partial charge in [0.05, 0.1) is 5.69 Å². The van der Waals surface area contributed by atoms with Crippen molar-refractivity contribution in [3.05, 3.63) is 64.7 Å². The van der Waals surface area contributed by atoms with Crippen LogP contribution in [0.25, 0.3) is 6.08 Å². The lowest BCUT2D eigenvalue weighted by Gasteiger charge is -2.47. The first kappa shape index (κ1) is 22.6. The number of amides is 4. The maximum Gasteiger partial charge on any atom is 0.336 e. The van der Waals surface area contributed by atoms with Crippen LogP contribution < -0.4 is 15.1 Å². The molecule has 8 heteroatoms. The smallest absolute Gasteiger partial charge is 0.336 e. The van der Waals surface area contributed by atoms with Crippen LogP contribution in [-0.4, -0.2) is 29.9 Å². The number of hydrogen-bond acceptors (Lipinski definition) is 4. The fraction of sp³-hybridized carbons (Fsp3) is 0.320. The highest BCUT2D eigenvalue weighted by atomic mass is 19.1. The quantitative estimate of drug-likeness (QED) is 0.538. The van der Waals surface area contributed by atoms with E-state index in [2.05, 4.69) is 25.7 Å². The van der Waals surface area contributed by atoms with E-state index in [9.17, 15) is 18.8 Å². The number of anilines is 2. The SMILES string of the molecule is CCN1c2cc(F)c(/C=C3/C(=O)NC(=O)N(c4ccccc4F)C3=O)cc2C(C)CC1(C)C. The van der Waals surface area contributed by atoms with Crippen molar-refractivity contribution in [2.45, 2.75) is 45.6 Å². The Morgan fingerprint density at radius 1 is 1.09 bits per heavy atom. The summed E-state index contributed by atoms with van der Waals surface area (Å²) in [5.74, 6) is -3.25. The van der Waals surface area contributed by atoms with Crippen molar-refractivity contribution in [2.24, 2.45) is 0 Å². The number of fused-ring (bicyclic) bond motifs is 1. The van der Waals surface area contributed by atoms with Crippen LogP contribution in [0.2, 0.25) is 0 Å². The Morgan fingerprint density at radius 2 is 1.79 bits per heavy atom. The Labute approximate surface area is 190 Å². The summed E-state index contributed by atoms with van der Waals surface area (Å²) in [7, 11) is 0. The summed E-state index contributed by atoms with van der Waals surface area (Å²) in [6.45, 7) is 8.99. The van der Waals surface area contributed by atoms with Crippen molar-refractivity contribution in [2.75, 3.05) is 16.3 Å². The van der Waals surface area contributed by atoms with Gasteiger partial charge in [0.1, 0.15) is 17.2 Å². The van der Waals surface area contributed by atoms with Gasteiger partial charge in [-0.25, -0.2) is 18.5 Å². The van der Waals surface area contributed by atoms with Gasteiger partial charge in [-0.05, 0) is 69.0 Å². The number of nitrogens with zero attached hydrogens (tertiary/aromatic N) is 2. The normalized spacial score (nSPS) is 21.3. The molecule has 172 valence electrons. The Morgan fingerprint density at radius 3 is 2.45 bits per heavy atom. The van der Waals surface area contributed by atoms with E-state index >= 15 is 4.39 Å². The second-order valence-electron chi connectivity index (χ2n) is 9.00. The first-order valence-corrected chi connectivity index (χ1v) is 10.8. The summed E-state index contributed by atoms with van der Waals surface area (Å²) in [6.07, 6.45) is 1.97. The second-order valence-corrected chi connectivity index (χ2v) is 9.00. The van der Waals surface area contributed by atoms with E-state index in [0.717, 1.165) is 29.8 Å². The third-order valence-corrected chi connectivity index (χ3v) is 6.32. The maximum absolute atomic E-state index is 15.2. The van der Waals surface area contributed by atoms with Crippen LogP contribution >= 0.6 is 0 Å². The minimum Gasteiger partial charge on any atom is -0.366 e. The van der Waals surface area contributed by atoms with E-state index in [1.165, 1.54) is 24.3 Å². The van der Waals surface area contributed by atoms with Crippen molar-refractivity contribution >= 4 is 35.3 Å². The largest absolute Gasteiger partial charge is 0.366 e. The molecule has 2 aromatic carbocycles. The predicted octanol–water partition coefficient (Wildman–Crippen LogP) is 4.74. The van der Waals surface area contributed by atoms with Crippen molar-refractivity contribution in [1.29, 1.82) is 0 Å². The summed E-state index contributed by atoms with van der Waals surface area (Å²) in [5.41, 5.74) is 0.857. The topological polar surface area (TPSA) is 69.7 Å². The van der Waals surface area contributed by atoms with E-state index in [1.807, 2.05) is 12.2 Å². The van der Waals surface area contributed by atoms with Gasteiger partial charge in [0.15, 0.2) is 0 Å². The highest BCUT2D eigenvalue weighted by Gasteiger charge is 2.39. The van der Waals surface area contributed by atoms with Gasteiger partial charge >= 0.3 is 6.03 Å². The number of halogens is 2. The molecule has 4 amide bonds. The zero-order valence-electron chi connectivity index (χ0n) is 18.9. The summed E-state index contributed by atoms with van der Waals surface area (Å²) in [5, 5.41) is 2.03. The molecule has 2 heterocycles. The van der Waals surface area contributed by atoms with Gasteiger partial charge < -0.3 is 4.90 Å². The number of urea groups is 1. The van der Waals surface area contributed by atoms with Gasteiger partial charge in [-0.3, -0.25) is 14.9 Å². The lowest BCUT2D eigenvalue weighted by atomic mass is 9.79. The van der Waals surface area contributed by atoms with Crippen molar-refractivity contribution in [3.8, 4) is 0 Å². The molecule has 2 aliphatic rings. The number of benzene rings is 2. The Balaban J connectivity index is 1.79. The molecule has 1 fully saturated rings. The Kier molecular flexibility index (Phi) is 5.56. The highest BCUT2D eigenvalue weighted by molar-refractivity contribution is 6.39. The van der Waals surface area contributed by atoms with Crippen LogP contribution in [0.5, 0.6) is 0 Å². The molecule has 0 radical (unpaired) electrons. The lowest BCUT2D eigenvalue weighted by molar-refractivity contribution is -0.122.